The van der Waals surface area contributed by atoms with Crippen molar-refractivity contribution in [2.75, 3.05) is 12.0 Å². The van der Waals surface area contributed by atoms with Crippen molar-refractivity contribution in [1.82, 2.24) is 0 Å². The van der Waals surface area contributed by atoms with Crippen LogP contribution in [0.3, 0.4) is 0 Å². The normalized spacial score (nSPS) is 17.9. The van der Waals surface area contributed by atoms with E-state index in [-0.39, 0.29) is 16.9 Å². The molecule has 5 nitrogen and oxygen atoms in total. The first-order chi connectivity index (χ1) is 14.8. The van der Waals surface area contributed by atoms with Gasteiger partial charge in [-0.15, -0.1) is 11.3 Å². The second-order valence-corrected chi connectivity index (χ2v) is 8.25. The van der Waals surface area contributed by atoms with Crippen LogP contribution < -0.4 is 9.64 Å². The quantitative estimate of drug-likeness (QED) is 0.349. The van der Waals surface area contributed by atoms with E-state index in [1.807, 2.05) is 18.4 Å². The van der Waals surface area contributed by atoms with Gasteiger partial charge in [0.1, 0.15) is 23.4 Å². The number of ketones is 1. The molecule has 0 radical (unpaired) electrons. The number of halogens is 1. The molecule has 1 aromatic heterocycles. The van der Waals surface area contributed by atoms with Gasteiger partial charge in [-0.1, -0.05) is 6.07 Å². The highest BCUT2D eigenvalue weighted by Crippen LogP contribution is 2.45. The molecule has 158 valence electrons. The van der Waals surface area contributed by atoms with E-state index in [0.29, 0.717) is 17.0 Å². The van der Waals surface area contributed by atoms with Gasteiger partial charge in [-0.25, -0.2) is 4.39 Å². The zero-order valence-electron chi connectivity index (χ0n) is 17.2. The average molecular weight is 437 g/mol. The van der Waals surface area contributed by atoms with Gasteiger partial charge in [-0.3, -0.25) is 14.5 Å². The minimum Gasteiger partial charge on any atom is -0.507 e. The predicted octanol–water partition coefficient (Wildman–Crippen LogP) is 5.14. The van der Waals surface area contributed by atoms with Crippen molar-refractivity contribution in [3.05, 3.63) is 86.9 Å². The number of thiophene rings is 1. The van der Waals surface area contributed by atoms with Gasteiger partial charge in [-0.05, 0) is 66.8 Å². The largest absolute Gasteiger partial charge is 0.507 e. The third kappa shape index (κ3) is 3.51. The zero-order valence-corrected chi connectivity index (χ0v) is 18.0. The van der Waals surface area contributed by atoms with Crippen LogP contribution in [0.2, 0.25) is 0 Å². The number of aliphatic hydroxyl groups excluding tert-OH is 1. The summed E-state index contributed by atoms with van der Waals surface area (Å²) < 4.78 is 19.0. The Bertz CT molecular complexity index is 1230. The van der Waals surface area contributed by atoms with Crippen LogP contribution in [0.4, 0.5) is 10.1 Å². The molecule has 31 heavy (non-hydrogen) atoms. The number of hydrogen-bond acceptors (Lipinski definition) is 5. The minimum atomic E-state index is -0.808. The van der Waals surface area contributed by atoms with Crippen LogP contribution in [0.25, 0.3) is 5.76 Å². The maximum atomic E-state index is 13.7. The number of aliphatic hydroxyl groups is 1. The number of benzene rings is 2. The van der Waals surface area contributed by atoms with Crippen molar-refractivity contribution < 1.29 is 23.8 Å². The number of anilines is 1. The van der Waals surface area contributed by atoms with Crippen LogP contribution >= 0.6 is 11.3 Å². The van der Waals surface area contributed by atoms with Crippen molar-refractivity contribution in [2.24, 2.45) is 0 Å². The number of Topliss-reactive ketones (excluding diaryl/α,β-unsaturated/α-hetero) is 1. The Hall–Kier alpha value is -3.45. The van der Waals surface area contributed by atoms with Gasteiger partial charge in [0.25, 0.3) is 11.7 Å². The lowest BCUT2D eigenvalue weighted by molar-refractivity contribution is -0.132. The van der Waals surface area contributed by atoms with E-state index in [1.165, 1.54) is 41.5 Å². The molecule has 1 saturated heterocycles. The van der Waals surface area contributed by atoms with Gasteiger partial charge < -0.3 is 9.84 Å². The molecular weight excluding hydrogens is 417 g/mol. The van der Waals surface area contributed by atoms with Gasteiger partial charge in [0.2, 0.25) is 0 Å². The third-order valence-electron chi connectivity index (χ3n) is 5.36. The summed E-state index contributed by atoms with van der Waals surface area (Å²) >= 11 is 1.40. The van der Waals surface area contributed by atoms with Crippen molar-refractivity contribution in [1.29, 1.82) is 0 Å². The van der Waals surface area contributed by atoms with Crippen molar-refractivity contribution in [3.8, 4) is 5.75 Å². The number of carbonyl (C=O) groups excluding carboxylic acids is 2. The van der Waals surface area contributed by atoms with E-state index in [1.54, 1.807) is 31.2 Å². The smallest absolute Gasteiger partial charge is 0.300 e. The molecule has 2 heterocycles. The number of methoxy groups -OCH3 is 1. The molecule has 1 aliphatic rings. The van der Waals surface area contributed by atoms with Crippen LogP contribution in [0.5, 0.6) is 5.75 Å². The Morgan fingerprint density at radius 3 is 2.52 bits per heavy atom. The molecule has 0 saturated carbocycles. The number of carbonyl (C=O) groups is 2. The summed E-state index contributed by atoms with van der Waals surface area (Å²) in [6.45, 7) is 3.46. The molecule has 1 amide bonds. The monoisotopic (exact) mass is 437 g/mol. The van der Waals surface area contributed by atoms with Crippen LogP contribution in [-0.2, 0) is 9.59 Å². The second kappa shape index (κ2) is 8.00. The number of aryl methyl sites for hydroxylation is 2. The van der Waals surface area contributed by atoms with Gasteiger partial charge in [0.15, 0.2) is 0 Å². The Labute approximate surface area is 183 Å². The number of amides is 1. The van der Waals surface area contributed by atoms with Crippen molar-refractivity contribution in [3.63, 3.8) is 0 Å². The lowest BCUT2D eigenvalue weighted by Crippen LogP contribution is -2.29. The average Bonchev–Trinajstić information content (AvgIpc) is 3.30. The summed E-state index contributed by atoms with van der Waals surface area (Å²) in [4.78, 5) is 28.4. The van der Waals surface area contributed by atoms with Crippen LogP contribution in [-0.4, -0.2) is 23.9 Å². The highest BCUT2D eigenvalue weighted by Gasteiger charge is 2.48. The summed E-state index contributed by atoms with van der Waals surface area (Å²) in [5.41, 5.74) is 1.96. The summed E-state index contributed by atoms with van der Waals surface area (Å²) in [6.07, 6.45) is 0. The first-order valence-corrected chi connectivity index (χ1v) is 10.5. The lowest BCUT2D eigenvalue weighted by atomic mass is 9.97. The van der Waals surface area contributed by atoms with Crippen LogP contribution in [0, 0.1) is 19.7 Å². The topological polar surface area (TPSA) is 66.8 Å². The molecule has 1 atom stereocenters. The van der Waals surface area contributed by atoms with Gasteiger partial charge in [0, 0.05) is 22.2 Å². The van der Waals surface area contributed by atoms with Gasteiger partial charge >= 0.3 is 0 Å². The fourth-order valence-electron chi connectivity index (χ4n) is 3.72. The lowest BCUT2D eigenvalue weighted by Gasteiger charge is -2.25. The van der Waals surface area contributed by atoms with E-state index >= 15 is 0 Å². The number of ether oxygens (including phenoxy) is 1. The summed E-state index contributed by atoms with van der Waals surface area (Å²) in [5.74, 6) is -1.74. The summed E-state index contributed by atoms with van der Waals surface area (Å²) in [6, 6.07) is 12.0. The van der Waals surface area contributed by atoms with Crippen LogP contribution in [0.15, 0.2) is 59.5 Å². The molecule has 1 unspecified atom stereocenters. The summed E-state index contributed by atoms with van der Waals surface area (Å²) in [5, 5.41) is 13.0. The van der Waals surface area contributed by atoms with Gasteiger partial charge in [0.05, 0.1) is 12.7 Å². The highest BCUT2D eigenvalue weighted by atomic mass is 32.1. The Balaban J connectivity index is 1.96. The number of rotatable bonds is 4. The molecule has 1 aliphatic heterocycles. The van der Waals surface area contributed by atoms with Crippen molar-refractivity contribution in [2.45, 2.75) is 19.9 Å². The first-order valence-electron chi connectivity index (χ1n) is 9.59. The Morgan fingerprint density at radius 2 is 1.87 bits per heavy atom. The number of nitrogens with zero attached hydrogens (tertiary/aromatic N) is 1. The minimum absolute atomic E-state index is 0.0237. The standard InChI is InChI=1S/C24H20FNO4S/c1-13-9-10-31-23(13)20-19(21(27)15-7-8-18(25)14(2)11-15)22(28)24(29)26(20)16-5-4-6-17(12-16)30-3/h4-12,20,27H,1-3H3/b21-19-. The molecule has 2 aromatic carbocycles. The molecule has 3 aromatic rings. The number of hydrogen-bond donors (Lipinski definition) is 1. The maximum absolute atomic E-state index is 13.7. The molecule has 7 heteroatoms. The van der Waals surface area contributed by atoms with E-state index < -0.39 is 23.5 Å². The fraction of sp³-hybridized carbons (Fsp3) is 0.167. The van der Waals surface area contributed by atoms with Gasteiger partial charge in [-0.2, -0.15) is 0 Å². The molecule has 1 fully saturated rings. The molecule has 0 aliphatic carbocycles. The Morgan fingerprint density at radius 1 is 1.10 bits per heavy atom. The first kappa shape index (κ1) is 20.8. The van der Waals surface area contributed by atoms with Crippen molar-refractivity contribution >= 4 is 34.5 Å². The summed E-state index contributed by atoms with van der Waals surface area (Å²) in [7, 11) is 1.52. The second-order valence-electron chi connectivity index (χ2n) is 7.30. The molecule has 0 bridgehead atoms. The SMILES string of the molecule is COc1cccc(N2C(=O)C(=O)/C(=C(\O)c3ccc(F)c(C)c3)C2c2sccc2C)c1. The third-order valence-corrected chi connectivity index (χ3v) is 6.43. The molecular formula is C24H20FNO4S. The molecule has 1 N–H and O–H groups in total. The van der Waals surface area contributed by atoms with E-state index in [0.717, 1.165) is 10.4 Å². The predicted molar refractivity (Wildman–Crippen MR) is 118 cm³/mol. The molecule has 4 rings (SSSR count). The zero-order chi connectivity index (χ0) is 22.3. The highest BCUT2D eigenvalue weighted by molar-refractivity contribution is 7.10. The van der Waals surface area contributed by atoms with E-state index in [4.69, 9.17) is 4.74 Å². The van der Waals surface area contributed by atoms with E-state index in [2.05, 4.69) is 0 Å². The van der Waals surface area contributed by atoms with Crippen LogP contribution in [0.1, 0.15) is 27.6 Å². The fourth-order valence-corrected chi connectivity index (χ4v) is 4.74. The van der Waals surface area contributed by atoms with E-state index in [9.17, 15) is 19.1 Å². The maximum Gasteiger partial charge on any atom is 0.300 e. The Kier molecular flexibility index (Phi) is 5.37. The molecule has 0 spiro atoms.